The van der Waals surface area contributed by atoms with Crippen LogP contribution in [0.4, 0.5) is 5.82 Å². The summed E-state index contributed by atoms with van der Waals surface area (Å²) in [6.45, 7) is 3.29. The molecule has 0 fully saturated rings. The molecule has 2 heterocycles. The van der Waals surface area contributed by atoms with Crippen LogP contribution in [-0.4, -0.2) is 38.0 Å². The normalized spacial score (nSPS) is 10.5. The summed E-state index contributed by atoms with van der Waals surface area (Å²) in [7, 11) is 1.42. The van der Waals surface area contributed by atoms with Crippen LogP contribution in [0.2, 0.25) is 0 Å². The van der Waals surface area contributed by atoms with Crippen LogP contribution >= 0.6 is 0 Å². The van der Waals surface area contributed by atoms with E-state index in [1.165, 1.54) is 19.2 Å². The fraction of sp³-hybridized carbons (Fsp3) is 0.211. The number of rotatable bonds is 5. The van der Waals surface area contributed by atoms with Gasteiger partial charge in [0.1, 0.15) is 5.82 Å². The maximum Gasteiger partial charge on any atom is 0.359 e. The summed E-state index contributed by atoms with van der Waals surface area (Å²) in [5.74, 6) is -0.858. The van der Waals surface area contributed by atoms with E-state index in [9.17, 15) is 14.4 Å². The van der Waals surface area contributed by atoms with Crippen molar-refractivity contribution in [3.8, 4) is 5.69 Å². The number of esters is 1. The van der Waals surface area contributed by atoms with Gasteiger partial charge in [-0.1, -0.05) is 17.7 Å². The average Bonchev–Trinajstić information content (AvgIpc) is 3.02. The highest BCUT2D eigenvalue weighted by Crippen LogP contribution is 2.17. The third kappa shape index (κ3) is 4.32. The van der Waals surface area contributed by atoms with Crippen LogP contribution in [0.5, 0.6) is 0 Å². The molecule has 0 radical (unpaired) electrons. The molecule has 0 aliphatic heterocycles. The van der Waals surface area contributed by atoms with E-state index < -0.39 is 18.5 Å². The highest BCUT2D eigenvalue weighted by Gasteiger charge is 2.15. The van der Waals surface area contributed by atoms with Crippen molar-refractivity contribution >= 4 is 17.7 Å². The molecule has 1 N–H and O–H groups in total. The zero-order valence-electron chi connectivity index (χ0n) is 15.7. The lowest BCUT2D eigenvalue weighted by molar-refractivity contribution is -0.119. The zero-order chi connectivity index (χ0) is 20.3. The SMILES string of the molecule is Cc1ccc(-n2nc(C)cc2NC(=O)COC(=O)c2ccc(=O)n(C)n2)cc1. The highest BCUT2D eigenvalue weighted by atomic mass is 16.5. The molecule has 0 atom stereocenters. The molecule has 0 spiro atoms. The van der Waals surface area contributed by atoms with Crippen molar-refractivity contribution in [3.63, 3.8) is 0 Å². The van der Waals surface area contributed by atoms with E-state index in [-0.39, 0.29) is 11.3 Å². The molecule has 0 saturated heterocycles. The van der Waals surface area contributed by atoms with E-state index in [1.54, 1.807) is 10.7 Å². The van der Waals surface area contributed by atoms with Crippen LogP contribution in [0.3, 0.4) is 0 Å². The fourth-order valence-electron chi connectivity index (χ4n) is 2.47. The van der Waals surface area contributed by atoms with Crippen molar-refractivity contribution in [3.05, 3.63) is 69.8 Å². The number of hydrogen-bond acceptors (Lipinski definition) is 6. The van der Waals surface area contributed by atoms with E-state index in [0.717, 1.165) is 21.6 Å². The van der Waals surface area contributed by atoms with E-state index in [2.05, 4.69) is 15.5 Å². The van der Waals surface area contributed by atoms with Crippen LogP contribution in [0.15, 0.2) is 47.3 Å². The van der Waals surface area contributed by atoms with Crippen LogP contribution in [0.1, 0.15) is 21.7 Å². The molecular weight excluding hydrogens is 362 g/mol. The number of anilines is 1. The lowest BCUT2D eigenvalue weighted by atomic mass is 10.2. The predicted octanol–water partition coefficient (Wildman–Crippen LogP) is 1.38. The Morgan fingerprint density at radius 3 is 2.46 bits per heavy atom. The number of ether oxygens (including phenoxy) is 1. The van der Waals surface area contributed by atoms with Crippen molar-refractivity contribution in [2.45, 2.75) is 13.8 Å². The van der Waals surface area contributed by atoms with Gasteiger partial charge in [0.2, 0.25) is 0 Å². The first-order valence-electron chi connectivity index (χ1n) is 8.48. The van der Waals surface area contributed by atoms with Gasteiger partial charge in [0.25, 0.3) is 11.5 Å². The van der Waals surface area contributed by atoms with Crippen molar-refractivity contribution in [1.29, 1.82) is 0 Å². The van der Waals surface area contributed by atoms with E-state index in [4.69, 9.17) is 4.74 Å². The second-order valence-corrected chi connectivity index (χ2v) is 6.22. The van der Waals surface area contributed by atoms with Crippen LogP contribution in [-0.2, 0) is 16.6 Å². The lowest BCUT2D eigenvalue weighted by Gasteiger charge is -2.09. The minimum atomic E-state index is -0.797. The molecule has 1 aromatic carbocycles. The van der Waals surface area contributed by atoms with Gasteiger partial charge in [-0.3, -0.25) is 9.59 Å². The molecule has 3 aromatic rings. The van der Waals surface area contributed by atoms with Crippen molar-refractivity contribution in [1.82, 2.24) is 19.6 Å². The minimum Gasteiger partial charge on any atom is -0.451 e. The number of carbonyl (C=O) groups is 2. The minimum absolute atomic E-state index is 0.0598. The molecule has 0 bridgehead atoms. The maximum absolute atomic E-state index is 12.2. The second kappa shape index (κ2) is 7.87. The Hall–Kier alpha value is -3.75. The Kier molecular flexibility index (Phi) is 5.35. The number of nitrogens with zero attached hydrogens (tertiary/aromatic N) is 4. The van der Waals surface area contributed by atoms with E-state index >= 15 is 0 Å². The summed E-state index contributed by atoms with van der Waals surface area (Å²) in [6.07, 6.45) is 0. The number of carbonyl (C=O) groups excluding carboxylic acids is 2. The monoisotopic (exact) mass is 381 g/mol. The summed E-state index contributed by atoms with van der Waals surface area (Å²) < 4.78 is 7.58. The van der Waals surface area contributed by atoms with Gasteiger partial charge in [-0.15, -0.1) is 0 Å². The predicted molar refractivity (Wildman–Crippen MR) is 101 cm³/mol. The van der Waals surface area contributed by atoms with Gasteiger partial charge in [-0.2, -0.15) is 10.2 Å². The maximum atomic E-state index is 12.2. The van der Waals surface area contributed by atoms with Gasteiger partial charge in [0.15, 0.2) is 12.3 Å². The fourth-order valence-corrected chi connectivity index (χ4v) is 2.47. The standard InChI is InChI=1S/C19H19N5O4/c1-12-4-6-14(7-5-12)24-16(10-13(2)21-24)20-17(25)11-28-19(27)15-8-9-18(26)23(3)22-15/h4-10H,11H2,1-3H3,(H,20,25). The number of nitrogens with one attached hydrogen (secondary N) is 1. The molecule has 2 aromatic heterocycles. The summed E-state index contributed by atoms with van der Waals surface area (Å²) in [4.78, 5) is 35.5. The smallest absolute Gasteiger partial charge is 0.359 e. The number of amides is 1. The van der Waals surface area contributed by atoms with Gasteiger partial charge in [0.05, 0.1) is 11.4 Å². The molecule has 9 heteroatoms. The summed E-state index contributed by atoms with van der Waals surface area (Å²) in [5.41, 5.74) is 2.21. The largest absolute Gasteiger partial charge is 0.451 e. The van der Waals surface area contributed by atoms with Crippen LogP contribution < -0.4 is 10.9 Å². The topological polar surface area (TPSA) is 108 Å². The molecule has 0 unspecified atom stereocenters. The number of benzene rings is 1. The van der Waals surface area contributed by atoms with Crippen molar-refractivity contribution in [2.24, 2.45) is 7.05 Å². The third-order valence-electron chi connectivity index (χ3n) is 3.88. The van der Waals surface area contributed by atoms with Gasteiger partial charge in [-0.05, 0) is 32.0 Å². The third-order valence-corrected chi connectivity index (χ3v) is 3.88. The Labute approximate surface area is 160 Å². The summed E-state index contributed by atoms with van der Waals surface area (Å²) in [5, 5.41) is 10.8. The molecule has 28 heavy (non-hydrogen) atoms. The van der Waals surface area contributed by atoms with Crippen molar-refractivity contribution < 1.29 is 14.3 Å². The first-order valence-corrected chi connectivity index (χ1v) is 8.48. The van der Waals surface area contributed by atoms with E-state index in [0.29, 0.717) is 5.82 Å². The Morgan fingerprint density at radius 1 is 1.07 bits per heavy atom. The Balaban J connectivity index is 1.66. The Morgan fingerprint density at radius 2 is 1.79 bits per heavy atom. The van der Waals surface area contributed by atoms with Crippen LogP contribution in [0, 0.1) is 13.8 Å². The molecule has 0 saturated carbocycles. The number of aryl methyl sites for hydroxylation is 3. The van der Waals surface area contributed by atoms with Crippen molar-refractivity contribution in [2.75, 3.05) is 11.9 Å². The van der Waals surface area contributed by atoms with E-state index in [1.807, 2.05) is 38.1 Å². The first-order chi connectivity index (χ1) is 13.3. The average molecular weight is 381 g/mol. The van der Waals surface area contributed by atoms with Gasteiger partial charge < -0.3 is 10.1 Å². The zero-order valence-corrected chi connectivity index (χ0v) is 15.7. The first kappa shape index (κ1) is 19.0. The molecule has 0 aliphatic rings. The quantitative estimate of drug-likeness (QED) is 0.669. The van der Waals surface area contributed by atoms with Gasteiger partial charge >= 0.3 is 5.97 Å². The lowest BCUT2D eigenvalue weighted by Crippen LogP contribution is -2.25. The molecular formula is C19H19N5O4. The molecule has 9 nitrogen and oxygen atoms in total. The second-order valence-electron chi connectivity index (χ2n) is 6.22. The number of hydrogen-bond donors (Lipinski definition) is 1. The summed E-state index contributed by atoms with van der Waals surface area (Å²) in [6, 6.07) is 11.8. The van der Waals surface area contributed by atoms with Gasteiger partial charge in [-0.25, -0.2) is 14.2 Å². The highest BCUT2D eigenvalue weighted by molar-refractivity contribution is 5.94. The number of aromatic nitrogens is 4. The molecule has 144 valence electrons. The molecule has 0 aliphatic carbocycles. The molecule has 3 rings (SSSR count). The Bertz CT molecular complexity index is 1080. The molecule has 1 amide bonds. The van der Waals surface area contributed by atoms with Gasteiger partial charge in [0, 0.05) is 19.2 Å². The van der Waals surface area contributed by atoms with Crippen LogP contribution in [0.25, 0.3) is 5.69 Å². The summed E-state index contributed by atoms with van der Waals surface area (Å²) >= 11 is 0.